The van der Waals surface area contributed by atoms with Gasteiger partial charge in [-0.05, 0) is 43.0 Å². The number of thioether (sulfide) groups is 1. The third-order valence-electron chi connectivity index (χ3n) is 5.17. The molecular formula is C21H21FN2O2S. The molecule has 0 amide bonds. The number of aliphatic carboxylic acids is 1. The van der Waals surface area contributed by atoms with Gasteiger partial charge in [-0.3, -0.25) is 4.79 Å². The first kappa shape index (κ1) is 17.9. The summed E-state index contributed by atoms with van der Waals surface area (Å²) in [6, 6.07) is 7.09. The minimum atomic E-state index is -0.797. The molecule has 4 rings (SSSR count). The highest BCUT2D eigenvalue weighted by Gasteiger charge is 2.32. The zero-order chi connectivity index (χ0) is 19.1. The molecular weight excluding hydrogens is 363 g/mol. The summed E-state index contributed by atoms with van der Waals surface area (Å²) in [5, 5.41) is 12.3. The maximum absolute atomic E-state index is 14.5. The second-order valence-corrected chi connectivity index (χ2v) is 7.80. The number of halogens is 1. The van der Waals surface area contributed by atoms with Gasteiger partial charge in [0.2, 0.25) is 0 Å². The molecule has 0 saturated carbocycles. The smallest absolute Gasteiger partial charge is 0.304 e. The van der Waals surface area contributed by atoms with Gasteiger partial charge in [-0.1, -0.05) is 17.8 Å². The molecule has 1 N–H and O–H groups in total. The average Bonchev–Trinajstić information content (AvgIpc) is 3.29. The fraction of sp³-hybridized carbons (Fsp3) is 0.286. The Morgan fingerprint density at radius 1 is 1.44 bits per heavy atom. The van der Waals surface area contributed by atoms with Crippen molar-refractivity contribution < 1.29 is 14.3 Å². The zero-order valence-electron chi connectivity index (χ0n) is 15.3. The molecule has 0 fully saturated rings. The van der Waals surface area contributed by atoms with E-state index in [1.165, 1.54) is 0 Å². The fourth-order valence-electron chi connectivity index (χ4n) is 4.10. The standard InChI is InChI=1S/C21H21FN2O2S/c1-3-9-27-21-19-15(16-5-4-7-23(16)2)11-14(22)12-17(19)24-8-6-13(20(21)24)10-18(25)26/h3-5,7,9,11-13H,6,8,10H2,1-2H3,(H,25,26)/b9-3+. The fourth-order valence-corrected chi connectivity index (χ4v) is 5.10. The van der Waals surface area contributed by atoms with E-state index in [4.69, 9.17) is 0 Å². The lowest BCUT2D eigenvalue weighted by Gasteiger charge is -2.11. The minimum absolute atomic E-state index is 0.0491. The van der Waals surface area contributed by atoms with E-state index in [0.717, 1.165) is 45.7 Å². The highest BCUT2D eigenvalue weighted by Crippen LogP contribution is 2.48. The number of rotatable bonds is 5. The number of hydrogen-bond acceptors (Lipinski definition) is 2. The normalized spacial score (nSPS) is 16.5. The summed E-state index contributed by atoms with van der Waals surface area (Å²) in [5.74, 6) is -1.12. The first-order chi connectivity index (χ1) is 13.0. The van der Waals surface area contributed by atoms with Gasteiger partial charge in [-0.25, -0.2) is 4.39 Å². The Morgan fingerprint density at radius 2 is 2.26 bits per heavy atom. The molecule has 3 heterocycles. The van der Waals surface area contributed by atoms with Gasteiger partial charge in [0.15, 0.2) is 0 Å². The van der Waals surface area contributed by atoms with Crippen LogP contribution < -0.4 is 0 Å². The molecule has 1 aliphatic heterocycles. The highest BCUT2D eigenvalue weighted by molar-refractivity contribution is 8.02. The Balaban J connectivity index is 2.04. The van der Waals surface area contributed by atoms with Crippen LogP contribution >= 0.6 is 11.8 Å². The predicted octanol–water partition coefficient (Wildman–Crippen LogP) is 5.37. The zero-order valence-corrected chi connectivity index (χ0v) is 16.1. The van der Waals surface area contributed by atoms with Crippen molar-refractivity contribution in [3.8, 4) is 11.3 Å². The van der Waals surface area contributed by atoms with Crippen molar-refractivity contribution in [1.29, 1.82) is 0 Å². The topological polar surface area (TPSA) is 47.2 Å². The van der Waals surface area contributed by atoms with Crippen molar-refractivity contribution in [1.82, 2.24) is 9.13 Å². The van der Waals surface area contributed by atoms with Crippen molar-refractivity contribution >= 4 is 28.6 Å². The molecule has 0 bridgehead atoms. The van der Waals surface area contributed by atoms with Crippen LogP contribution in [-0.2, 0) is 18.4 Å². The van der Waals surface area contributed by atoms with Crippen LogP contribution in [0.15, 0.2) is 46.8 Å². The third-order valence-corrected chi connectivity index (χ3v) is 6.23. The molecule has 0 radical (unpaired) electrons. The van der Waals surface area contributed by atoms with Gasteiger partial charge in [0.25, 0.3) is 0 Å². The van der Waals surface area contributed by atoms with Gasteiger partial charge < -0.3 is 14.2 Å². The maximum Gasteiger partial charge on any atom is 0.304 e. The Bertz CT molecular complexity index is 1060. The largest absolute Gasteiger partial charge is 0.481 e. The van der Waals surface area contributed by atoms with E-state index in [1.807, 2.05) is 48.4 Å². The van der Waals surface area contributed by atoms with E-state index in [2.05, 4.69) is 4.57 Å². The number of hydrogen-bond donors (Lipinski definition) is 1. The van der Waals surface area contributed by atoms with Gasteiger partial charge in [-0.15, -0.1) is 0 Å². The summed E-state index contributed by atoms with van der Waals surface area (Å²) >= 11 is 1.59. The van der Waals surface area contributed by atoms with Crippen LogP contribution in [0.5, 0.6) is 0 Å². The van der Waals surface area contributed by atoms with Crippen LogP contribution in [0, 0.1) is 5.82 Å². The molecule has 1 unspecified atom stereocenters. The number of allylic oxidation sites excluding steroid dienone is 1. The van der Waals surface area contributed by atoms with Gasteiger partial charge in [0, 0.05) is 52.9 Å². The first-order valence-electron chi connectivity index (χ1n) is 8.98. The highest BCUT2D eigenvalue weighted by atomic mass is 32.2. The Kier molecular flexibility index (Phi) is 4.60. The Morgan fingerprint density at radius 3 is 2.93 bits per heavy atom. The number of carboxylic acid groups (broad SMARTS) is 1. The van der Waals surface area contributed by atoms with Crippen LogP contribution in [0.25, 0.3) is 22.2 Å². The molecule has 1 atom stereocenters. The van der Waals surface area contributed by atoms with Crippen molar-refractivity contribution in [3.63, 3.8) is 0 Å². The summed E-state index contributed by atoms with van der Waals surface area (Å²) in [4.78, 5) is 12.4. The lowest BCUT2D eigenvalue weighted by atomic mass is 9.99. The molecule has 0 saturated heterocycles. The van der Waals surface area contributed by atoms with Crippen LogP contribution in [0.1, 0.15) is 31.4 Å². The first-order valence-corrected chi connectivity index (χ1v) is 9.86. The lowest BCUT2D eigenvalue weighted by Crippen LogP contribution is -2.04. The molecule has 3 aromatic rings. The van der Waals surface area contributed by atoms with Gasteiger partial charge >= 0.3 is 5.97 Å². The number of carbonyl (C=O) groups is 1. The van der Waals surface area contributed by atoms with E-state index in [1.54, 1.807) is 23.9 Å². The number of benzene rings is 1. The van der Waals surface area contributed by atoms with Crippen LogP contribution in [-0.4, -0.2) is 20.2 Å². The quantitative estimate of drug-likeness (QED) is 0.601. The minimum Gasteiger partial charge on any atom is -0.481 e. The molecule has 27 heavy (non-hydrogen) atoms. The summed E-state index contributed by atoms with van der Waals surface area (Å²) < 4.78 is 18.6. The Hall–Kier alpha value is -2.47. The van der Waals surface area contributed by atoms with Crippen molar-refractivity contribution in [3.05, 3.63) is 53.5 Å². The van der Waals surface area contributed by atoms with E-state index >= 15 is 0 Å². The number of fused-ring (bicyclic) bond motifs is 3. The predicted molar refractivity (Wildman–Crippen MR) is 107 cm³/mol. The molecule has 2 aromatic heterocycles. The summed E-state index contributed by atoms with van der Waals surface area (Å²) in [7, 11) is 1.95. The van der Waals surface area contributed by atoms with E-state index in [0.29, 0.717) is 0 Å². The molecule has 140 valence electrons. The van der Waals surface area contributed by atoms with Crippen LogP contribution in [0.2, 0.25) is 0 Å². The third kappa shape index (κ3) is 2.98. The molecule has 0 spiro atoms. The summed E-state index contributed by atoms with van der Waals surface area (Å²) in [6.45, 7) is 2.67. The van der Waals surface area contributed by atoms with E-state index < -0.39 is 5.97 Å². The van der Waals surface area contributed by atoms with Gasteiger partial charge in [0.05, 0.1) is 11.9 Å². The SMILES string of the molecule is C/C=C/Sc1c2n(c3cc(F)cc(-c4cccn4C)c13)CCC2CC(=O)O. The van der Waals surface area contributed by atoms with Crippen molar-refractivity contribution in [2.75, 3.05) is 0 Å². The number of nitrogens with zero attached hydrogens (tertiary/aromatic N) is 2. The number of aromatic nitrogens is 2. The Labute approximate surface area is 161 Å². The molecule has 0 aliphatic carbocycles. The average molecular weight is 384 g/mol. The number of aryl methyl sites for hydroxylation is 2. The van der Waals surface area contributed by atoms with Gasteiger partial charge in [0.1, 0.15) is 5.82 Å². The van der Waals surface area contributed by atoms with E-state index in [9.17, 15) is 14.3 Å². The van der Waals surface area contributed by atoms with Gasteiger partial charge in [-0.2, -0.15) is 0 Å². The lowest BCUT2D eigenvalue weighted by molar-refractivity contribution is -0.137. The summed E-state index contributed by atoms with van der Waals surface area (Å²) in [5.41, 5.74) is 3.67. The van der Waals surface area contributed by atoms with Crippen molar-refractivity contribution in [2.45, 2.75) is 37.1 Å². The second kappa shape index (κ2) is 6.93. The molecule has 6 heteroatoms. The molecule has 1 aromatic carbocycles. The monoisotopic (exact) mass is 384 g/mol. The van der Waals surface area contributed by atoms with Crippen LogP contribution in [0.3, 0.4) is 0 Å². The summed E-state index contributed by atoms with van der Waals surface area (Å²) in [6.07, 6.45) is 4.79. The molecule has 4 nitrogen and oxygen atoms in total. The van der Waals surface area contributed by atoms with Crippen molar-refractivity contribution in [2.24, 2.45) is 7.05 Å². The second-order valence-electron chi connectivity index (χ2n) is 6.89. The number of carboxylic acids is 1. The molecule has 1 aliphatic rings. The van der Waals surface area contributed by atoms with E-state index in [-0.39, 0.29) is 18.2 Å². The maximum atomic E-state index is 14.5. The van der Waals surface area contributed by atoms with Crippen LogP contribution in [0.4, 0.5) is 4.39 Å².